The summed E-state index contributed by atoms with van der Waals surface area (Å²) < 4.78 is 5.38. The Morgan fingerprint density at radius 1 is 1.22 bits per heavy atom. The molecule has 2 heterocycles. The van der Waals surface area contributed by atoms with Gasteiger partial charge < -0.3 is 9.84 Å². The molecule has 4 heteroatoms. The van der Waals surface area contributed by atoms with E-state index in [9.17, 15) is 0 Å². The van der Waals surface area contributed by atoms with E-state index >= 15 is 0 Å². The zero-order valence-electron chi connectivity index (χ0n) is 11.9. The Labute approximate surface area is 111 Å². The quantitative estimate of drug-likeness (QED) is 0.789. The van der Waals surface area contributed by atoms with Crippen LogP contribution in [0.15, 0.2) is 0 Å². The second-order valence-electron chi connectivity index (χ2n) is 6.29. The van der Waals surface area contributed by atoms with Gasteiger partial charge in [0.05, 0.1) is 13.2 Å². The maximum absolute atomic E-state index is 9.08. The van der Waals surface area contributed by atoms with Gasteiger partial charge in [-0.05, 0) is 32.6 Å². The van der Waals surface area contributed by atoms with E-state index in [0.29, 0.717) is 18.1 Å². The third kappa shape index (κ3) is 3.67. The molecule has 106 valence electrons. The van der Waals surface area contributed by atoms with Gasteiger partial charge in [-0.3, -0.25) is 9.80 Å². The van der Waals surface area contributed by atoms with Crippen LogP contribution in [0.25, 0.3) is 0 Å². The molecule has 2 aliphatic heterocycles. The van der Waals surface area contributed by atoms with Gasteiger partial charge in [0.1, 0.15) is 0 Å². The van der Waals surface area contributed by atoms with Crippen molar-refractivity contribution < 1.29 is 9.84 Å². The monoisotopic (exact) mass is 256 g/mol. The number of aliphatic hydroxyl groups excluding tert-OH is 1. The van der Waals surface area contributed by atoms with E-state index in [4.69, 9.17) is 9.84 Å². The number of nitrogens with zero attached hydrogens (tertiary/aromatic N) is 2. The first kappa shape index (κ1) is 14.3. The standard InChI is InChI=1S/C14H28N2O2/c1-14(2)11-13(3-8-17)12-16(14)5-4-15-6-9-18-10-7-15/h13,17H,3-12H2,1-2H3. The van der Waals surface area contributed by atoms with E-state index in [0.717, 1.165) is 52.4 Å². The highest BCUT2D eigenvalue weighted by Gasteiger charge is 2.37. The van der Waals surface area contributed by atoms with Crippen molar-refractivity contribution in [2.75, 3.05) is 52.5 Å². The van der Waals surface area contributed by atoms with E-state index in [1.165, 1.54) is 6.42 Å². The summed E-state index contributed by atoms with van der Waals surface area (Å²) in [4.78, 5) is 5.10. The largest absolute Gasteiger partial charge is 0.396 e. The van der Waals surface area contributed by atoms with Crippen LogP contribution in [-0.2, 0) is 4.74 Å². The molecule has 2 saturated heterocycles. The van der Waals surface area contributed by atoms with Crippen molar-refractivity contribution in [1.82, 2.24) is 9.80 Å². The molecule has 1 atom stereocenters. The molecular formula is C14H28N2O2. The molecule has 2 aliphatic rings. The summed E-state index contributed by atoms with van der Waals surface area (Å²) in [6.07, 6.45) is 2.17. The second kappa shape index (κ2) is 6.33. The lowest BCUT2D eigenvalue weighted by atomic mass is 9.95. The Morgan fingerprint density at radius 2 is 1.94 bits per heavy atom. The average Bonchev–Trinajstić information content (AvgIpc) is 2.63. The zero-order chi connectivity index (χ0) is 13.0. The van der Waals surface area contributed by atoms with Crippen LogP contribution in [0, 0.1) is 5.92 Å². The fraction of sp³-hybridized carbons (Fsp3) is 1.00. The van der Waals surface area contributed by atoms with Crippen LogP contribution >= 0.6 is 0 Å². The van der Waals surface area contributed by atoms with E-state index < -0.39 is 0 Å². The van der Waals surface area contributed by atoms with Crippen LogP contribution in [0.2, 0.25) is 0 Å². The van der Waals surface area contributed by atoms with Crippen LogP contribution in [-0.4, -0.2) is 73.0 Å². The van der Waals surface area contributed by atoms with Crippen molar-refractivity contribution in [3.63, 3.8) is 0 Å². The summed E-state index contributed by atoms with van der Waals surface area (Å²) in [5, 5.41) is 9.08. The Balaban J connectivity index is 1.77. The fourth-order valence-corrected chi connectivity index (χ4v) is 3.32. The summed E-state index contributed by atoms with van der Waals surface area (Å²) in [6, 6.07) is 0. The minimum absolute atomic E-state index is 0.298. The maximum atomic E-state index is 9.08. The van der Waals surface area contributed by atoms with Crippen LogP contribution < -0.4 is 0 Å². The van der Waals surface area contributed by atoms with Crippen molar-refractivity contribution in [2.24, 2.45) is 5.92 Å². The van der Waals surface area contributed by atoms with Crippen LogP contribution in [0.5, 0.6) is 0 Å². The van der Waals surface area contributed by atoms with Gasteiger partial charge in [-0.1, -0.05) is 0 Å². The minimum Gasteiger partial charge on any atom is -0.396 e. The van der Waals surface area contributed by atoms with Crippen LogP contribution in [0.3, 0.4) is 0 Å². The third-order valence-corrected chi connectivity index (χ3v) is 4.45. The predicted molar refractivity (Wildman–Crippen MR) is 72.7 cm³/mol. The highest BCUT2D eigenvalue weighted by Crippen LogP contribution is 2.33. The molecule has 0 radical (unpaired) electrons. The maximum Gasteiger partial charge on any atom is 0.0594 e. The lowest BCUT2D eigenvalue weighted by molar-refractivity contribution is 0.0296. The molecule has 4 nitrogen and oxygen atoms in total. The molecule has 0 aromatic carbocycles. The lowest BCUT2D eigenvalue weighted by Gasteiger charge is -2.34. The first-order valence-electron chi connectivity index (χ1n) is 7.28. The molecule has 0 amide bonds. The van der Waals surface area contributed by atoms with E-state index in [1.54, 1.807) is 0 Å². The number of hydrogen-bond acceptors (Lipinski definition) is 4. The van der Waals surface area contributed by atoms with Gasteiger partial charge in [-0.25, -0.2) is 0 Å². The number of morpholine rings is 1. The second-order valence-corrected chi connectivity index (χ2v) is 6.29. The molecule has 2 fully saturated rings. The highest BCUT2D eigenvalue weighted by molar-refractivity contribution is 4.92. The number of hydrogen-bond donors (Lipinski definition) is 1. The molecule has 18 heavy (non-hydrogen) atoms. The molecule has 0 spiro atoms. The Kier molecular flexibility index (Phi) is 5.01. The first-order chi connectivity index (χ1) is 8.62. The Hall–Kier alpha value is -0.160. The van der Waals surface area contributed by atoms with Crippen molar-refractivity contribution >= 4 is 0 Å². The molecule has 1 unspecified atom stereocenters. The van der Waals surface area contributed by atoms with E-state index in [2.05, 4.69) is 23.6 Å². The van der Waals surface area contributed by atoms with Crippen LogP contribution in [0.4, 0.5) is 0 Å². The van der Waals surface area contributed by atoms with Crippen molar-refractivity contribution in [3.05, 3.63) is 0 Å². The number of rotatable bonds is 5. The zero-order valence-corrected chi connectivity index (χ0v) is 11.9. The summed E-state index contributed by atoms with van der Waals surface area (Å²) in [5.41, 5.74) is 0.298. The predicted octanol–water partition coefficient (Wildman–Crippen LogP) is 0.802. The van der Waals surface area contributed by atoms with Crippen LogP contribution in [0.1, 0.15) is 26.7 Å². The van der Waals surface area contributed by atoms with Crippen molar-refractivity contribution in [2.45, 2.75) is 32.2 Å². The molecule has 0 bridgehead atoms. The molecule has 0 saturated carbocycles. The third-order valence-electron chi connectivity index (χ3n) is 4.45. The topological polar surface area (TPSA) is 35.9 Å². The van der Waals surface area contributed by atoms with Gasteiger partial charge in [-0.2, -0.15) is 0 Å². The van der Waals surface area contributed by atoms with Gasteiger partial charge in [-0.15, -0.1) is 0 Å². The van der Waals surface area contributed by atoms with Gasteiger partial charge >= 0.3 is 0 Å². The molecule has 0 aromatic heterocycles. The molecule has 1 N–H and O–H groups in total. The summed E-state index contributed by atoms with van der Waals surface area (Å²) in [5.74, 6) is 0.676. The van der Waals surface area contributed by atoms with Gasteiger partial charge in [0, 0.05) is 44.9 Å². The van der Waals surface area contributed by atoms with Gasteiger partial charge in [0.2, 0.25) is 0 Å². The molecular weight excluding hydrogens is 228 g/mol. The summed E-state index contributed by atoms with van der Waals surface area (Å²) >= 11 is 0. The molecule has 0 aromatic rings. The smallest absolute Gasteiger partial charge is 0.0594 e. The van der Waals surface area contributed by atoms with E-state index in [-0.39, 0.29) is 0 Å². The van der Waals surface area contributed by atoms with Gasteiger partial charge in [0.25, 0.3) is 0 Å². The van der Waals surface area contributed by atoms with Crippen molar-refractivity contribution in [1.29, 1.82) is 0 Å². The number of likely N-dealkylation sites (tertiary alicyclic amines) is 1. The fourth-order valence-electron chi connectivity index (χ4n) is 3.32. The highest BCUT2D eigenvalue weighted by atomic mass is 16.5. The number of ether oxygens (including phenoxy) is 1. The first-order valence-corrected chi connectivity index (χ1v) is 7.28. The molecule has 0 aliphatic carbocycles. The molecule has 2 rings (SSSR count). The Morgan fingerprint density at radius 3 is 2.61 bits per heavy atom. The average molecular weight is 256 g/mol. The van der Waals surface area contributed by atoms with E-state index in [1.807, 2.05) is 0 Å². The number of aliphatic hydroxyl groups is 1. The summed E-state index contributed by atoms with van der Waals surface area (Å²) in [7, 11) is 0. The summed E-state index contributed by atoms with van der Waals surface area (Å²) in [6.45, 7) is 12.4. The normalized spacial score (nSPS) is 29.8. The minimum atomic E-state index is 0.298. The Bertz CT molecular complexity index is 252. The lowest BCUT2D eigenvalue weighted by Crippen LogP contribution is -2.45. The van der Waals surface area contributed by atoms with Gasteiger partial charge in [0.15, 0.2) is 0 Å². The van der Waals surface area contributed by atoms with Crippen molar-refractivity contribution in [3.8, 4) is 0 Å². The SMILES string of the molecule is CC1(C)CC(CCO)CN1CCN1CCOCC1.